The highest BCUT2D eigenvalue weighted by Gasteiger charge is 2.26. The van der Waals surface area contributed by atoms with Gasteiger partial charge in [0, 0.05) is 12.4 Å². The molecule has 46 heavy (non-hydrogen) atoms. The number of halogens is 8. The molecule has 8 rings (SSSR count). The molecule has 18 heteroatoms. The maximum absolute atomic E-state index is 14.3. The second kappa shape index (κ2) is 10.5. The standard InChI is InChI=1S/C28H6F8N6S4/c29-17-15(18(30)22(34)41-21(17)33)27-37-5-13(45-27)25-39-9-1-7-3-12-10(2-8(7)4-11(9)43-25)40-26(44-12)14-6-38-28(46-14)16-19(31)23(35)42-24(36)20(16)32/h1-6H. The molecule has 0 aliphatic rings. The number of benzene rings is 2. The molecule has 6 nitrogen and oxygen atoms in total. The van der Waals surface area contributed by atoms with E-state index in [-0.39, 0.29) is 10.0 Å². The maximum atomic E-state index is 14.3. The molecule has 0 radical (unpaired) electrons. The fourth-order valence-corrected chi connectivity index (χ4v) is 8.60. The summed E-state index contributed by atoms with van der Waals surface area (Å²) in [5, 5.41) is 1.99. The van der Waals surface area contributed by atoms with Gasteiger partial charge in [-0.05, 0) is 35.0 Å². The lowest BCUT2D eigenvalue weighted by molar-refractivity contribution is 0.410. The molecule has 8 aromatic rings. The molecular weight excluding hydrogens is 701 g/mol. The van der Waals surface area contributed by atoms with Crippen LogP contribution in [0.4, 0.5) is 35.1 Å². The Bertz CT molecular complexity index is 2260. The van der Waals surface area contributed by atoms with Gasteiger partial charge in [0.15, 0.2) is 23.3 Å². The van der Waals surface area contributed by atoms with Crippen LogP contribution in [0.2, 0.25) is 0 Å². The molecule has 2 aromatic carbocycles. The van der Waals surface area contributed by atoms with Gasteiger partial charge in [0.1, 0.15) is 20.0 Å². The Hall–Kier alpha value is -4.52. The largest absolute Gasteiger partial charge is 0.252 e. The molecule has 0 aliphatic carbocycles. The number of hydrogen-bond acceptors (Lipinski definition) is 10. The predicted molar refractivity (Wildman–Crippen MR) is 159 cm³/mol. The lowest BCUT2D eigenvalue weighted by atomic mass is 10.1. The third kappa shape index (κ3) is 4.54. The number of nitrogens with zero attached hydrogens (tertiary/aromatic N) is 6. The number of rotatable bonds is 4. The van der Waals surface area contributed by atoms with Crippen LogP contribution < -0.4 is 0 Å². The Morgan fingerprint density at radius 1 is 0.413 bits per heavy atom. The van der Waals surface area contributed by atoms with Gasteiger partial charge in [-0.1, -0.05) is 0 Å². The molecule has 6 aromatic heterocycles. The maximum Gasteiger partial charge on any atom is 0.252 e. The third-order valence-electron chi connectivity index (χ3n) is 6.71. The highest BCUT2D eigenvalue weighted by molar-refractivity contribution is 7.27. The second-order valence-corrected chi connectivity index (χ2v) is 13.6. The minimum absolute atomic E-state index is 0.278. The molecule has 0 spiro atoms. The van der Waals surface area contributed by atoms with Gasteiger partial charge in [-0.15, -0.1) is 45.3 Å². The van der Waals surface area contributed by atoms with E-state index in [1.807, 2.05) is 24.3 Å². The summed E-state index contributed by atoms with van der Waals surface area (Å²) in [4.78, 5) is 23.1. The van der Waals surface area contributed by atoms with Crippen molar-refractivity contribution < 1.29 is 35.1 Å². The molecule has 0 saturated carbocycles. The normalized spacial score (nSPS) is 11.9. The fourth-order valence-electron chi connectivity index (χ4n) is 4.63. The molecular formula is C28H6F8N6S4. The third-order valence-corrected chi connectivity index (χ3v) is 11.1. The van der Waals surface area contributed by atoms with Crippen LogP contribution in [-0.2, 0) is 0 Å². The van der Waals surface area contributed by atoms with Crippen LogP contribution in [0.1, 0.15) is 0 Å². The van der Waals surface area contributed by atoms with Gasteiger partial charge in [-0.3, -0.25) is 0 Å². The summed E-state index contributed by atoms with van der Waals surface area (Å²) in [6.45, 7) is 0. The first kappa shape index (κ1) is 28.9. The lowest BCUT2D eigenvalue weighted by Gasteiger charge is -2.02. The SMILES string of the molecule is Fc1nc(F)c(F)c(-c2ncc(-c3nc4cc5cc6sc(-c7cnc(-c8c(F)c(F)nc(F)c8F)s7)nc6cc5cc4s3)s2)c1F. The predicted octanol–water partition coefficient (Wildman–Crippen LogP) is 9.54. The van der Waals surface area contributed by atoms with Crippen LogP contribution in [0.15, 0.2) is 36.7 Å². The Kier molecular flexibility index (Phi) is 6.61. The van der Waals surface area contributed by atoms with Gasteiger partial charge in [0.2, 0.25) is 0 Å². The molecule has 0 bridgehead atoms. The lowest BCUT2D eigenvalue weighted by Crippen LogP contribution is -2.02. The van der Waals surface area contributed by atoms with Gasteiger partial charge < -0.3 is 0 Å². The van der Waals surface area contributed by atoms with E-state index in [1.165, 1.54) is 35.1 Å². The summed E-state index contributed by atoms with van der Waals surface area (Å²) >= 11 is 4.16. The average Bonchev–Trinajstić information content (AvgIpc) is 3.83. The van der Waals surface area contributed by atoms with Crippen molar-refractivity contribution >= 4 is 76.6 Å². The van der Waals surface area contributed by atoms with Gasteiger partial charge in [-0.25, -0.2) is 37.5 Å². The molecule has 0 unspecified atom stereocenters. The molecule has 228 valence electrons. The quantitative estimate of drug-likeness (QED) is 0.134. The van der Waals surface area contributed by atoms with E-state index in [1.54, 1.807) is 0 Å². The summed E-state index contributed by atoms with van der Waals surface area (Å²) in [7, 11) is 0. The first-order chi connectivity index (χ1) is 22.0. The van der Waals surface area contributed by atoms with Crippen LogP contribution in [0.25, 0.3) is 72.1 Å². The van der Waals surface area contributed by atoms with Crippen molar-refractivity contribution in [1.29, 1.82) is 0 Å². The fraction of sp³-hybridized carbons (Fsp3) is 0. The summed E-state index contributed by atoms with van der Waals surface area (Å²) in [6.07, 6.45) is 2.62. The first-order valence-corrected chi connectivity index (χ1v) is 15.8. The summed E-state index contributed by atoms with van der Waals surface area (Å²) < 4.78 is 113. The van der Waals surface area contributed by atoms with E-state index in [0.717, 1.165) is 42.8 Å². The number of fused-ring (bicyclic) bond motifs is 3. The molecule has 0 atom stereocenters. The highest BCUT2D eigenvalue weighted by atomic mass is 32.1. The van der Waals surface area contributed by atoms with Crippen molar-refractivity contribution in [1.82, 2.24) is 29.9 Å². The molecule has 0 fully saturated rings. The van der Waals surface area contributed by atoms with Crippen LogP contribution in [-0.4, -0.2) is 29.9 Å². The van der Waals surface area contributed by atoms with E-state index >= 15 is 0 Å². The van der Waals surface area contributed by atoms with Crippen molar-refractivity contribution in [2.75, 3.05) is 0 Å². The molecule has 6 heterocycles. The van der Waals surface area contributed by atoms with Crippen LogP contribution in [0.3, 0.4) is 0 Å². The summed E-state index contributed by atoms with van der Waals surface area (Å²) in [5.41, 5.74) is -0.682. The van der Waals surface area contributed by atoms with E-state index in [0.29, 0.717) is 30.8 Å². The second-order valence-electron chi connectivity index (χ2n) is 9.48. The Morgan fingerprint density at radius 2 is 0.783 bits per heavy atom. The summed E-state index contributed by atoms with van der Waals surface area (Å²) in [5.74, 6) is -13.7. The Morgan fingerprint density at radius 3 is 1.15 bits per heavy atom. The average molecular weight is 707 g/mol. The van der Waals surface area contributed by atoms with Crippen molar-refractivity contribution in [3.63, 3.8) is 0 Å². The topological polar surface area (TPSA) is 77.3 Å². The first-order valence-electron chi connectivity index (χ1n) is 12.5. The van der Waals surface area contributed by atoms with Crippen molar-refractivity contribution in [2.24, 2.45) is 0 Å². The minimum atomic E-state index is -1.78. The van der Waals surface area contributed by atoms with E-state index in [4.69, 9.17) is 0 Å². The Labute approximate surface area is 265 Å². The highest BCUT2D eigenvalue weighted by Crippen LogP contribution is 2.42. The number of thiazole rings is 4. The minimum Gasteiger partial charge on any atom is -0.244 e. The zero-order valence-electron chi connectivity index (χ0n) is 21.8. The van der Waals surface area contributed by atoms with Crippen molar-refractivity contribution in [2.45, 2.75) is 0 Å². The van der Waals surface area contributed by atoms with E-state index in [2.05, 4.69) is 29.9 Å². The number of pyridine rings is 2. The smallest absolute Gasteiger partial charge is 0.244 e. The monoisotopic (exact) mass is 706 g/mol. The van der Waals surface area contributed by atoms with Crippen LogP contribution in [0, 0.1) is 47.1 Å². The zero-order chi connectivity index (χ0) is 32.0. The van der Waals surface area contributed by atoms with Gasteiger partial charge in [0.25, 0.3) is 23.8 Å². The number of aromatic nitrogens is 6. The van der Waals surface area contributed by atoms with E-state index in [9.17, 15) is 35.1 Å². The van der Waals surface area contributed by atoms with Gasteiger partial charge in [0.05, 0.1) is 41.3 Å². The number of hydrogen-bond donors (Lipinski definition) is 0. The van der Waals surface area contributed by atoms with Gasteiger partial charge >= 0.3 is 0 Å². The Balaban J connectivity index is 1.14. The molecule has 0 amide bonds. The summed E-state index contributed by atoms with van der Waals surface area (Å²) in [6, 6.07) is 7.42. The van der Waals surface area contributed by atoms with Crippen LogP contribution >= 0.6 is 45.3 Å². The van der Waals surface area contributed by atoms with Crippen molar-refractivity contribution in [3.8, 4) is 40.9 Å². The zero-order valence-corrected chi connectivity index (χ0v) is 25.1. The van der Waals surface area contributed by atoms with Crippen molar-refractivity contribution in [3.05, 3.63) is 83.7 Å². The molecule has 0 aliphatic heterocycles. The van der Waals surface area contributed by atoms with E-state index < -0.39 is 58.2 Å². The molecule has 0 saturated heterocycles. The van der Waals surface area contributed by atoms with Gasteiger partial charge in [-0.2, -0.15) is 27.5 Å². The molecule has 0 N–H and O–H groups in total. The van der Waals surface area contributed by atoms with Crippen LogP contribution in [0.5, 0.6) is 0 Å².